The number of rotatable bonds is 4. The van der Waals surface area contributed by atoms with E-state index in [1.807, 2.05) is 54.7 Å². The molecule has 2 N–H and O–H groups in total. The zero-order valence-corrected chi connectivity index (χ0v) is 18.5. The van der Waals surface area contributed by atoms with Crippen LogP contribution in [0.1, 0.15) is 18.9 Å². The van der Waals surface area contributed by atoms with Gasteiger partial charge in [0, 0.05) is 40.2 Å². The van der Waals surface area contributed by atoms with E-state index in [0.29, 0.717) is 18.2 Å². The number of amides is 4. The molecule has 164 valence electrons. The van der Waals surface area contributed by atoms with E-state index in [0.717, 1.165) is 38.4 Å². The van der Waals surface area contributed by atoms with Gasteiger partial charge >= 0.3 is 6.03 Å². The molecule has 0 unspecified atom stereocenters. The molecule has 3 aromatic rings. The molecule has 0 spiro atoms. The number of nitrogens with zero attached hydrogens (tertiary/aromatic N) is 2. The van der Waals surface area contributed by atoms with Gasteiger partial charge in [-0.15, -0.1) is 11.8 Å². The van der Waals surface area contributed by atoms with Crippen LogP contribution >= 0.6 is 11.8 Å². The second kappa shape index (κ2) is 8.35. The van der Waals surface area contributed by atoms with Gasteiger partial charge in [-0.05, 0) is 30.2 Å². The highest BCUT2D eigenvalue weighted by Crippen LogP contribution is 2.37. The number of anilines is 1. The molecule has 2 aliphatic rings. The number of H-pyrrole nitrogens is 1. The highest BCUT2D eigenvalue weighted by Gasteiger charge is 2.40. The number of fused-ring (bicyclic) bond motifs is 2. The van der Waals surface area contributed by atoms with Crippen LogP contribution in [0.5, 0.6) is 0 Å². The van der Waals surface area contributed by atoms with Crippen molar-refractivity contribution in [1.82, 2.24) is 15.2 Å². The van der Waals surface area contributed by atoms with Crippen molar-refractivity contribution in [3.63, 3.8) is 0 Å². The van der Waals surface area contributed by atoms with Gasteiger partial charge in [0.15, 0.2) is 0 Å². The number of aromatic nitrogens is 1. The molecule has 0 saturated carbocycles. The average molecular weight is 449 g/mol. The third-order valence-electron chi connectivity index (χ3n) is 6.04. The van der Waals surface area contributed by atoms with Crippen molar-refractivity contribution >= 4 is 46.2 Å². The summed E-state index contributed by atoms with van der Waals surface area (Å²) in [5.74, 6) is -0.608. The molecule has 0 radical (unpaired) electrons. The van der Waals surface area contributed by atoms with Gasteiger partial charge in [0.25, 0.3) is 5.91 Å². The van der Waals surface area contributed by atoms with Gasteiger partial charge in [-0.2, -0.15) is 0 Å². The summed E-state index contributed by atoms with van der Waals surface area (Å²) < 4.78 is 0. The van der Waals surface area contributed by atoms with E-state index in [1.54, 1.807) is 16.7 Å². The maximum atomic E-state index is 13.2. The van der Waals surface area contributed by atoms with Crippen LogP contribution in [0.2, 0.25) is 0 Å². The highest BCUT2D eigenvalue weighted by molar-refractivity contribution is 8.00. The normalized spacial score (nSPS) is 20.9. The Morgan fingerprint density at radius 3 is 2.78 bits per heavy atom. The molecular weight excluding hydrogens is 424 g/mol. The standard InChI is InChI=1S/C24H24N4O3S/c1-15-10-11-27(20-8-4-5-9-21(20)32-15)22(29)14-28-23(30)19(26-24(28)31)12-16-13-25-18-7-3-2-6-17(16)18/h2-9,13,15,19,25H,10-12,14H2,1H3,(H,26,31)/t15-,19+/m1/s1. The minimum atomic E-state index is -0.679. The van der Waals surface area contributed by atoms with Crippen LogP contribution in [0.3, 0.4) is 0 Å². The van der Waals surface area contributed by atoms with Crippen molar-refractivity contribution in [3.8, 4) is 0 Å². The van der Waals surface area contributed by atoms with E-state index < -0.39 is 12.1 Å². The Balaban J connectivity index is 1.32. The van der Waals surface area contributed by atoms with Crippen LogP contribution in [0.15, 0.2) is 59.6 Å². The maximum absolute atomic E-state index is 13.2. The largest absolute Gasteiger partial charge is 0.361 e. The van der Waals surface area contributed by atoms with Gasteiger partial charge < -0.3 is 15.2 Å². The van der Waals surface area contributed by atoms with Crippen molar-refractivity contribution in [1.29, 1.82) is 0 Å². The first-order chi connectivity index (χ1) is 15.5. The SMILES string of the molecule is C[C@@H]1CCN(C(=O)CN2C(=O)N[C@@H](Cc3c[nH]c4ccccc34)C2=O)c2ccccc2S1. The smallest absolute Gasteiger partial charge is 0.325 e. The number of aromatic amines is 1. The van der Waals surface area contributed by atoms with Crippen molar-refractivity contribution < 1.29 is 14.4 Å². The highest BCUT2D eigenvalue weighted by atomic mass is 32.2. The van der Waals surface area contributed by atoms with E-state index in [1.165, 1.54) is 0 Å². The first-order valence-electron chi connectivity index (χ1n) is 10.7. The van der Waals surface area contributed by atoms with E-state index in [4.69, 9.17) is 0 Å². The summed E-state index contributed by atoms with van der Waals surface area (Å²) in [7, 11) is 0. The molecule has 7 nitrogen and oxygen atoms in total. The second-order valence-electron chi connectivity index (χ2n) is 8.22. The number of para-hydroxylation sites is 2. The molecule has 8 heteroatoms. The van der Waals surface area contributed by atoms with Gasteiger partial charge in [-0.1, -0.05) is 37.3 Å². The minimum Gasteiger partial charge on any atom is -0.361 e. The molecule has 0 bridgehead atoms. The summed E-state index contributed by atoms with van der Waals surface area (Å²) in [6.07, 6.45) is 3.08. The van der Waals surface area contributed by atoms with Crippen molar-refractivity contribution in [2.45, 2.75) is 36.0 Å². The fourth-order valence-electron chi connectivity index (χ4n) is 4.35. The molecule has 1 saturated heterocycles. The number of nitrogens with one attached hydrogen (secondary N) is 2. The number of benzene rings is 2. The lowest BCUT2D eigenvalue weighted by Crippen LogP contribution is -2.44. The van der Waals surface area contributed by atoms with Crippen molar-refractivity contribution in [3.05, 3.63) is 60.3 Å². The summed E-state index contributed by atoms with van der Waals surface area (Å²) in [4.78, 5) is 45.8. The van der Waals surface area contributed by atoms with Crippen molar-refractivity contribution in [2.24, 2.45) is 0 Å². The molecule has 5 rings (SSSR count). The third kappa shape index (κ3) is 3.75. The molecule has 1 fully saturated rings. The van der Waals surface area contributed by atoms with E-state index >= 15 is 0 Å². The summed E-state index contributed by atoms with van der Waals surface area (Å²) in [5, 5.41) is 4.16. The Morgan fingerprint density at radius 2 is 1.91 bits per heavy atom. The Morgan fingerprint density at radius 1 is 1.12 bits per heavy atom. The Bertz CT molecular complexity index is 1210. The third-order valence-corrected chi connectivity index (χ3v) is 7.28. The first kappa shape index (κ1) is 20.6. The van der Waals surface area contributed by atoms with Crippen LogP contribution in [0.4, 0.5) is 10.5 Å². The molecule has 2 aromatic carbocycles. The predicted octanol–water partition coefficient (Wildman–Crippen LogP) is 3.55. The lowest BCUT2D eigenvalue weighted by Gasteiger charge is -2.24. The first-order valence-corrected chi connectivity index (χ1v) is 11.6. The van der Waals surface area contributed by atoms with Gasteiger partial charge in [0.05, 0.1) is 5.69 Å². The predicted molar refractivity (Wildman–Crippen MR) is 125 cm³/mol. The number of hydrogen-bond acceptors (Lipinski definition) is 4. The summed E-state index contributed by atoms with van der Waals surface area (Å²) in [6, 6.07) is 14.4. The lowest BCUT2D eigenvalue weighted by molar-refractivity contribution is -0.131. The van der Waals surface area contributed by atoms with Gasteiger partial charge in [-0.25, -0.2) is 4.79 Å². The van der Waals surface area contributed by atoms with Gasteiger partial charge in [-0.3, -0.25) is 14.5 Å². The zero-order valence-electron chi connectivity index (χ0n) is 17.7. The van der Waals surface area contributed by atoms with Crippen LogP contribution < -0.4 is 10.2 Å². The lowest BCUT2D eigenvalue weighted by atomic mass is 10.1. The van der Waals surface area contributed by atoms with E-state index in [9.17, 15) is 14.4 Å². The van der Waals surface area contributed by atoms with Crippen LogP contribution in [-0.2, 0) is 16.0 Å². The quantitative estimate of drug-likeness (QED) is 0.598. The Kier molecular flexibility index (Phi) is 5.38. The van der Waals surface area contributed by atoms with E-state index in [-0.39, 0.29) is 18.4 Å². The molecule has 2 atom stereocenters. The number of carbonyl (C=O) groups is 3. The van der Waals surface area contributed by atoms with Crippen LogP contribution in [0, 0.1) is 0 Å². The number of urea groups is 1. The molecule has 1 aromatic heterocycles. The molecule has 2 aliphatic heterocycles. The minimum absolute atomic E-state index is 0.247. The number of thioether (sulfide) groups is 1. The monoisotopic (exact) mass is 448 g/mol. The van der Waals surface area contributed by atoms with E-state index in [2.05, 4.69) is 17.2 Å². The summed E-state index contributed by atoms with van der Waals surface area (Å²) in [5.41, 5.74) is 2.78. The fourth-order valence-corrected chi connectivity index (χ4v) is 5.46. The van der Waals surface area contributed by atoms with Crippen LogP contribution in [-0.4, -0.2) is 52.1 Å². The van der Waals surface area contributed by atoms with Crippen LogP contribution in [0.25, 0.3) is 10.9 Å². The zero-order chi connectivity index (χ0) is 22.2. The molecule has 0 aliphatic carbocycles. The molecule has 3 heterocycles. The topological polar surface area (TPSA) is 85.5 Å². The molecule has 4 amide bonds. The van der Waals surface area contributed by atoms with Gasteiger partial charge in [0.1, 0.15) is 12.6 Å². The Hall–Kier alpha value is -3.26. The molecular formula is C24H24N4O3S. The maximum Gasteiger partial charge on any atom is 0.325 e. The fraction of sp³-hybridized carbons (Fsp3) is 0.292. The average Bonchev–Trinajstić information content (AvgIpc) is 3.24. The number of carbonyl (C=O) groups excluding carboxylic acids is 3. The number of hydrogen-bond donors (Lipinski definition) is 2. The molecule has 32 heavy (non-hydrogen) atoms. The second-order valence-corrected chi connectivity index (χ2v) is 9.70. The van der Waals surface area contributed by atoms with Gasteiger partial charge in [0.2, 0.25) is 5.91 Å². The number of imide groups is 1. The summed E-state index contributed by atoms with van der Waals surface area (Å²) in [6.45, 7) is 2.44. The Labute approximate surface area is 190 Å². The summed E-state index contributed by atoms with van der Waals surface area (Å²) >= 11 is 1.74. The van der Waals surface area contributed by atoms with Crippen molar-refractivity contribution in [2.75, 3.05) is 18.0 Å².